The van der Waals surface area contributed by atoms with Gasteiger partial charge in [-0.15, -0.1) is 0 Å². The Kier molecular flexibility index (Phi) is 6.31. The summed E-state index contributed by atoms with van der Waals surface area (Å²) < 4.78 is 5.14. The summed E-state index contributed by atoms with van der Waals surface area (Å²) in [6.07, 6.45) is 2.28. The zero-order valence-corrected chi connectivity index (χ0v) is 13.8. The van der Waals surface area contributed by atoms with Gasteiger partial charge in [-0.3, -0.25) is 14.6 Å². The van der Waals surface area contributed by atoms with Gasteiger partial charge in [0, 0.05) is 31.4 Å². The molecule has 0 saturated heterocycles. The molecule has 2 aromatic rings. The van der Waals surface area contributed by atoms with Crippen molar-refractivity contribution in [2.75, 3.05) is 13.7 Å². The van der Waals surface area contributed by atoms with Gasteiger partial charge in [-0.25, -0.2) is 0 Å². The Hall–Kier alpha value is -2.89. The summed E-state index contributed by atoms with van der Waals surface area (Å²) in [7, 11) is 1.60. The molecule has 0 saturated carbocycles. The lowest BCUT2D eigenvalue weighted by Crippen LogP contribution is -2.40. The van der Waals surface area contributed by atoms with Crippen molar-refractivity contribution in [3.63, 3.8) is 0 Å². The molecule has 6 heteroatoms. The maximum Gasteiger partial charge on any atom is 0.309 e. The van der Waals surface area contributed by atoms with E-state index in [2.05, 4.69) is 15.6 Å². The minimum Gasteiger partial charge on any atom is -0.497 e. The molecule has 1 heterocycles. The van der Waals surface area contributed by atoms with Gasteiger partial charge >= 0.3 is 11.8 Å². The third-order valence-electron chi connectivity index (χ3n) is 3.59. The van der Waals surface area contributed by atoms with Crippen molar-refractivity contribution in [1.82, 2.24) is 15.6 Å². The molecule has 2 rings (SSSR count). The van der Waals surface area contributed by atoms with Crippen LogP contribution in [0.3, 0.4) is 0 Å². The lowest BCUT2D eigenvalue weighted by Gasteiger charge is -2.10. The zero-order chi connectivity index (χ0) is 17.4. The maximum atomic E-state index is 11.8. The number of hydrogen-bond acceptors (Lipinski definition) is 4. The molecule has 6 nitrogen and oxygen atoms in total. The van der Waals surface area contributed by atoms with Gasteiger partial charge < -0.3 is 15.4 Å². The van der Waals surface area contributed by atoms with E-state index in [9.17, 15) is 9.59 Å². The van der Waals surface area contributed by atoms with Crippen molar-refractivity contribution >= 4 is 11.8 Å². The Morgan fingerprint density at radius 2 is 1.92 bits per heavy atom. The van der Waals surface area contributed by atoms with E-state index in [1.807, 2.05) is 43.3 Å². The molecule has 1 aromatic heterocycles. The van der Waals surface area contributed by atoms with Crippen LogP contribution in [0, 0.1) is 6.92 Å². The SMILES string of the molecule is COc1ccc(CNC(=O)C(=O)NCCc2ccccn2)c(C)c1. The highest BCUT2D eigenvalue weighted by atomic mass is 16.5. The minimum absolute atomic E-state index is 0.294. The molecular weight excluding hydrogens is 306 g/mol. The topological polar surface area (TPSA) is 80.3 Å². The third kappa shape index (κ3) is 5.08. The Morgan fingerprint density at radius 1 is 1.12 bits per heavy atom. The van der Waals surface area contributed by atoms with Crippen LogP contribution in [0.1, 0.15) is 16.8 Å². The highest BCUT2D eigenvalue weighted by molar-refractivity contribution is 6.35. The predicted octanol–water partition coefficient (Wildman–Crippen LogP) is 1.37. The van der Waals surface area contributed by atoms with Gasteiger partial charge in [0.15, 0.2) is 0 Å². The fourth-order valence-electron chi connectivity index (χ4n) is 2.18. The molecule has 2 amide bonds. The molecule has 0 aliphatic carbocycles. The first-order valence-corrected chi connectivity index (χ1v) is 7.69. The van der Waals surface area contributed by atoms with Gasteiger partial charge in [-0.05, 0) is 42.3 Å². The summed E-state index contributed by atoms with van der Waals surface area (Å²) in [4.78, 5) is 27.8. The van der Waals surface area contributed by atoms with Crippen molar-refractivity contribution in [3.8, 4) is 5.75 Å². The highest BCUT2D eigenvalue weighted by Gasteiger charge is 2.13. The highest BCUT2D eigenvalue weighted by Crippen LogP contribution is 2.16. The summed E-state index contributed by atoms with van der Waals surface area (Å²) in [6, 6.07) is 11.2. The smallest absolute Gasteiger partial charge is 0.309 e. The monoisotopic (exact) mass is 327 g/mol. The van der Waals surface area contributed by atoms with Crippen molar-refractivity contribution in [1.29, 1.82) is 0 Å². The second-order valence-corrected chi connectivity index (χ2v) is 5.30. The van der Waals surface area contributed by atoms with E-state index in [-0.39, 0.29) is 0 Å². The summed E-state index contributed by atoms with van der Waals surface area (Å²) in [5.41, 5.74) is 2.79. The summed E-state index contributed by atoms with van der Waals surface area (Å²) in [5.74, 6) is -0.529. The average Bonchev–Trinajstić information content (AvgIpc) is 2.61. The van der Waals surface area contributed by atoms with E-state index >= 15 is 0 Å². The van der Waals surface area contributed by atoms with E-state index < -0.39 is 11.8 Å². The van der Waals surface area contributed by atoms with Crippen LogP contribution in [-0.4, -0.2) is 30.5 Å². The molecule has 1 aromatic carbocycles. The van der Waals surface area contributed by atoms with Crippen LogP contribution >= 0.6 is 0 Å². The average molecular weight is 327 g/mol. The van der Waals surface area contributed by atoms with Crippen LogP contribution in [0.25, 0.3) is 0 Å². The lowest BCUT2D eigenvalue weighted by molar-refractivity contribution is -0.139. The first-order valence-electron chi connectivity index (χ1n) is 7.69. The quantitative estimate of drug-likeness (QED) is 0.786. The second kappa shape index (κ2) is 8.67. The standard InChI is InChI=1S/C18H21N3O3/c1-13-11-16(24-2)7-6-14(13)12-21-18(23)17(22)20-10-8-15-5-3-4-9-19-15/h3-7,9,11H,8,10,12H2,1-2H3,(H,20,22)(H,21,23). The van der Waals surface area contributed by atoms with E-state index in [0.717, 1.165) is 22.6 Å². The van der Waals surface area contributed by atoms with Crippen molar-refractivity contribution in [2.45, 2.75) is 19.9 Å². The minimum atomic E-state index is -0.647. The molecule has 126 valence electrons. The second-order valence-electron chi connectivity index (χ2n) is 5.30. The van der Waals surface area contributed by atoms with Crippen molar-refractivity contribution in [3.05, 3.63) is 59.4 Å². The van der Waals surface area contributed by atoms with Crippen LogP contribution < -0.4 is 15.4 Å². The maximum absolute atomic E-state index is 11.8. The van der Waals surface area contributed by atoms with Crippen LogP contribution in [0.2, 0.25) is 0 Å². The number of pyridine rings is 1. The Morgan fingerprint density at radius 3 is 2.58 bits per heavy atom. The number of aryl methyl sites for hydroxylation is 1. The van der Waals surface area contributed by atoms with Crippen LogP contribution in [0.5, 0.6) is 5.75 Å². The number of nitrogens with zero attached hydrogens (tertiary/aromatic N) is 1. The molecule has 2 N–H and O–H groups in total. The van der Waals surface area contributed by atoms with E-state index in [1.54, 1.807) is 13.3 Å². The lowest BCUT2D eigenvalue weighted by atomic mass is 10.1. The van der Waals surface area contributed by atoms with Gasteiger partial charge in [0.1, 0.15) is 5.75 Å². The van der Waals surface area contributed by atoms with Gasteiger partial charge in [-0.1, -0.05) is 12.1 Å². The van der Waals surface area contributed by atoms with E-state index in [0.29, 0.717) is 19.5 Å². The number of ether oxygens (including phenoxy) is 1. The fourth-order valence-corrected chi connectivity index (χ4v) is 2.18. The molecule has 0 fully saturated rings. The normalized spacial score (nSPS) is 10.1. The number of rotatable bonds is 6. The fraction of sp³-hybridized carbons (Fsp3) is 0.278. The molecule has 0 radical (unpaired) electrons. The zero-order valence-electron chi connectivity index (χ0n) is 13.8. The van der Waals surface area contributed by atoms with E-state index in [4.69, 9.17) is 4.74 Å². The van der Waals surface area contributed by atoms with Gasteiger partial charge in [0.25, 0.3) is 0 Å². The number of methoxy groups -OCH3 is 1. The van der Waals surface area contributed by atoms with Gasteiger partial charge in [-0.2, -0.15) is 0 Å². The molecule has 0 spiro atoms. The number of amides is 2. The van der Waals surface area contributed by atoms with Crippen molar-refractivity contribution in [2.24, 2.45) is 0 Å². The molecule has 0 aliphatic heterocycles. The van der Waals surface area contributed by atoms with Gasteiger partial charge in [0.05, 0.1) is 7.11 Å². The Labute approximate surface area is 141 Å². The summed E-state index contributed by atoms with van der Waals surface area (Å²) in [5, 5.41) is 5.21. The number of carbonyl (C=O) groups excluding carboxylic acids is 2. The molecule has 0 aliphatic rings. The molecule has 0 unspecified atom stereocenters. The number of aromatic nitrogens is 1. The first-order chi connectivity index (χ1) is 11.6. The summed E-state index contributed by atoms with van der Waals surface area (Å²) in [6.45, 7) is 2.59. The Bertz CT molecular complexity index is 702. The molecule has 0 bridgehead atoms. The third-order valence-corrected chi connectivity index (χ3v) is 3.59. The number of nitrogens with one attached hydrogen (secondary N) is 2. The number of carbonyl (C=O) groups is 2. The van der Waals surface area contributed by atoms with Crippen LogP contribution in [0.15, 0.2) is 42.6 Å². The molecule has 24 heavy (non-hydrogen) atoms. The van der Waals surface area contributed by atoms with Crippen LogP contribution in [-0.2, 0) is 22.6 Å². The molecular formula is C18H21N3O3. The Balaban J connectivity index is 1.76. The number of hydrogen-bond donors (Lipinski definition) is 2. The predicted molar refractivity (Wildman–Crippen MR) is 90.5 cm³/mol. The van der Waals surface area contributed by atoms with Crippen molar-refractivity contribution < 1.29 is 14.3 Å². The van der Waals surface area contributed by atoms with E-state index in [1.165, 1.54) is 0 Å². The first kappa shape index (κ1) is 17.5. The van der Waals surface area contributed by atoms with Crippen LogP contribution in [0.4, 0.5) is 0 Å². The largest absolute Gasteiger partial charge is 0.497 e. The number of benzene rings is 1. The molecule has 0 atom stereocenters. The van der Waals surface area contributed by atoms with Gasteiger partial charge in [0.2, 0.25) is 0 Å². The summed E-state index contributed by atoms with van der Waals surface area (Å²) >= 11 is 0.